The number of rotatable bonds is 2. The van der Waals surface area contributed by atoms with Gasteiger partial charge in [0.15, 0.2) is 0 Å². The third-order valence-electron chi connectivity index (χ3n) is 3.65. The van der Waals surface area contributed by atoms with Crippen molar-refractivity contribution in [1.29, 1.82) is 0 Å². The summed E-state index contributed by atoms with van der Waals surface area (Å²) < 4.78 is 15.1. The van der Waals surface area contributed by atoms with Crippen molar-refractivity contribution in [3.63, 3.8) is 0 Å². The molecule has 1 heterocycles. The number of benzene rings is 1. The maximum atomic E-state index is 13.4. The van der Waals surface area contributed by atoms with Gasteiger partial charge < -0.3 is 0 Å². The van der Waals surface area contributed by atoms with Crippen LogP contribution < -0.4 is 5.56 Å². The van der Waals surface area contributed by atoms with Crippen LogP contribution in [0.2, 0.25) is 0 Å². The highest BCUT2D eigenvalue weighted by Crippen LogP contribution is 2.20. The number of hydrogen-bond acceptors (Lipinski definition) is 1. The Labute approximate surface area is 116 Å². The highest BCUT2D eigenvalue weighted by atomic mass is 19.1. The summed E-state index contributed by atoms with van der Waals surface area (Å²) in [5.41, 5.74) is 1.70. The van der Waals surface area contributed by atoms with Gasteiger partial charge in [0.25, 0.3) is 5.56 Å². The number of aromatic nitrogens is 1. The molecular formula is C17H16FNO. The Morgan fingerprint density at radius 2 is 2.10 bits per heavy atom. The molecule has 0 fully saturated rings. The first-order valence-corrected chi connectivity index (χ1v) is 6.92. The fourth-order valence-electron chi connectivity index (χ4n) is 2.64. The van der Waals surface area contributed by atoms with Crippen LogP contribution in [0.4, 0.5) is 4.39 Å². The van der Waals surface area contributed by atoms with Gasteiger partial charge in [0.2, 0.25) is 0 Å². The summed E-state index contributed by atoms with van der Waals surface area (Å²) in [5.74, 6) is -0.376. The van der Waals surface area contributed by atoms with Gasteiger partial charge in [-0.05, 0) is 48.9 Å². The second-order valence-corrected chi connectivity index (χ2v) is 4.97. The predicted molar refractivity (Wildman–Crippen MR) is 80.2 cm³/mol. The number of nitrogens with zero attached hydrogens (tertiary/aromatic N) is 1. The molecule has 1 aliphatic carbocycles. The van der Waals surface area contributed by atoms with Gasteiger partial charge in [-0.1, -0.05) is 25.1 Å². The van der Waals surface area contributed by atoms with Gasteiger partial charge in [-0.25, -0.2) is 4.39 Å². The van der Waals surface area contributed by atoms with Crippen LogP contribution in [0.1, 0.15) is 25.5 Å². The average molecular weight is 269 g/mol. The van der Waals surface area contributed by atoms with E-state index < -0.39 is 0 Å². The molecule has 0 amide bonds. The lowest BCUT2D eigenvalue weighted by atomic mass is 10.1. The maximum Gasteiger partial charge on any atom is 0.263 e. The van der Waals surface area contributed by atoms with Gasteiger partial charge in [-0.15, -0.1) is 0 Å². The van der Waals surface area contributed by atoms with Crippen molar-refractivity contribution in [2.45, 2.75) is 26.2 Å². The smallest absolute Gasteiger partial charge is 0.263 e. The molecule has 0 bridgehead atoms. The molecule has 3 rings (SSSR count). The highest BCUT2D eigenvalue weighted by Gasteiger charge is 2.12. The van der Waals surface area contributed by atoms with Crippen LogP contribution in [0.25, 0.3) is 16.5 Å². The second kappa shape index (κ2) is 5.08. The largest absolute Gasteiger partial charge is 0.281 e. The Kier molecular flexibility index (Phi) is 3.26. The Bertz CT molecular complexity index is 783. The van der Waals surface area contributed by atoms with E-state index in [4.69, 9.17) is 0 Å². The fourth-order valence-corrected chi connectivity index (χ4v) is 2.64. The summed E-state index contributed by atoms with van der Waals surface area (Å²) in [6.07, 6.45) is 8.79. The molecule has 0 spiro atoms. The van der Waals surface area contributed by atoms with Crippen LogP contribution in [0, 0.1) is 5.82 Å². The Morgan fingerprint density at radius 3 is 2.80 bits per heavy atom. The Morgan fingerprint density at radius 1 is 1.25 bits per heavy atom. The van der Waals surface area contributed by atoms with Crippen LogP contribution in [0.5, 0.6) is 0 Å². The van der Waals surface area contributed by atoms with Gasteiger partial charge in [0, 0.05) is 11.4 Å². The number of fused-ring (bicyclic) bond motifs is 1. The average Bonchev–Trinajstić information content (AvgIpc) is 2.48. The molecule has 20 heavy (non-hydrogen) atoms. The lowest BCUT2D eigenvalue weighted by Gasteiger charge is -2.16. The van der Waals surface area contributed by atoms with E-state index in [0.29, 0.717) is 5.39 Å². The summed E-state index contributed by atoms with van der Waals surface area (Å²) in [4.78, 5) is 12.7. The van der Waals surface area contributed by atoms with Crippen molar-refractivity contribution in [3.05, 3.63) is 64.4 Å². The lowest BCUT2D eigenvalue weighted by molar-refractivity contribution is 0.629. The van der Waals surface area contributed by atoms with Gasteiger partial charge in [-0.2, -0.15) is 0 Å². The monoisotopic (exact) mass is 269 g/mol. The minimum atomic E-state index is -0.376. The van der Waals surface area contributed by atoms with Crippen molar-refractivity contribution in [3.8, 4) is 0 Å². The van der Waals surface area contributed by atoms with Crippen LogP contribution in [-0.4, -0.2) is 4.57 Å². The van der Waals surface area contributed by atoms with Gasteiger partial charge >= 0.3 is 0 Å². The number of aryl methyl sites for hydroxylation is 1. The van der Waals surface area contributed by atoms with E-state index in [1.807, 2.05) is 19.1 Å². The minimum absolute atomic E-state index is 0.142. The molecule has 0 aliphatic heterocycles. The molecule has 0 N–H and O–H groups in total. The summed E-state index contributed by atoms with van der Waals surface area (Å²) in [6, 6.07) is 6.35. The molecule has 2 nitrogen and oxygen atoms in total. The number of allylic oxidation sites excluding steroid dienone is 4. The van der Waals surface area contributed by atoms with Crippen molar-refractivity contribution >= 4 is 16.5 Å². The first-order chi connectivity index (χ1) is 9.70. The van der Waals surface area contributed by atoms with Crippen LogP contribution in [0.3, 0.4) is 0 Å². The molecule has 0 saturated carbocycles. The summed E-state index contributed by atoms with van der Waals surface area (Å²) in [6.45, 7) is 2.02. The zero-order chi connectivity index (χ0) is 14.1. The lowest BCUT2D eigenvalue weighted by Crippen LogP contribution is -2.23. The van der Waals surface area contributed by atoms with Gasteiger partial charge in [0.05, 0.1) is 5.39 Å². The molecule has 0 unspecified atom stereocenters. The molecule has 1 aromatic carbocycles. The summed E-state index contributed by atoms with van der Waals surface area (Å²) in [7, 11) is 0. The van der Waals surface area contributed by atoms with E-state index in [0.717, 1.165) is 36.0 Å². The molecule has 3 heteroatoms. The number of hydrogen-bond donors (Lipinski definition) is 0. The predicted octanol–water partition coefficient (Wildman–Crippen LogP) is 3.89. The third kappa shape index (κ3) is 2.09. The molecule has 0 radical (unpaired) electrons. The maximum absolute atomic E-state index is 13.4. The zero-order valence-electron chi connectivity index (χ0n) is 11.4. The standard InChI is InChI=1S/C17H16FNO/c1-2-14-10-12-8-9-13(18)11-16(12)17(20)19(14)15-6-4-3-5-7-15/h4,6-11H,2-3,5H2,1H3. The molecular weight excluding hydrogens is 253 g/mol. The second-order valence-electron chi connectivity index (χ2n) is 4.97. The SMILES string of the molecule is CCc1cc2ccc(F)cc2c(=O)n1C1=CCCC=C1. The van der Waals surface area contributed by atoms with E-state index in [2.05, 4.69) is 12.2 Å². The molecule has 0 atom stereocenters. The van der Waals surface area contributed by atoms with Crippen molar-refractivity contribution in [2.24, 2.45) is 0 Å². The number of halogens is 1. The normalized spacial score (nSPS) is 14.6. The Hall–Kier alpha value is -2.16. The van der Waals surface area contributed by atoms with Crippen molar-refractivity contribution in [1.82, 2.24) is 4.57 Å². The summed E-state index contributed by atoms with van der Waals surface area (Å²) >= 11 is 0. The van der Waals surface area contributed by atoms with Crippen molar-refractivity contribution in [2.75, 3.05) is 0 Å². The van der Waals surface area contributed by atoms with E-state index in [9.17, 15) is 9.18 Å². The van der Waals surface area contributed by atoms with E-state index in [1.54, 1.807) is 10.6 Å². The highest BCUT2D eigenvalue weighted by molar-refractivity contribution is 5.83. The van der Waals surface area contributed by atoms with Crippen LogP contribution in [-0.2, 0) is 6.42 Å². The first-order valence-electron chi connectivity index (χ1n) is 6.92. The fraction of sp³-hybridized carbons (Fsp3) is 0.235. The van der Waals surface area contributed by atoms with E-state index in [1.165, 1.54) is 12.1 Å². The van der Waals surface area contributed by atoms with E-state index >= 15 is 0 Å². The van der Waals surface area contributed by atoms with E-state index in [-0.39, 0.29) is 11.4 Å². The molecule has 1 aliphatic rings. The van der Waals surface area contributed by atoms with Gasteiger partial charge in [-0.3, -0.25) is 9.36 Å². The number of pyridine rings is 1. The van der Waals surface area contributed by atoms with Gasteiger partial charge in [0.1, 0.15) is 5.82 Å². The first kappa shape index (κ1) is 12.9. The third-order valence-corrected chi connectivity index (χ3v) is 3.65. The summed E-state index contributed by atoms with van der Waals surface area (Å²) in [5, 5.41) is 1.23. The van der Waals surface area contributed by atoms with Crippen LogP contribution in [0.15, 0.2) is 47.3 Å². The molecule has 102 valence electrons. The molecule has 1 aromatic heterocycles. The minimum Gasteiger partial charge on any atom is -0.281 e. The molecule has 2 aromatic rings. The quantitative estimate of drug-likeness (QED) is 0.810. The van der Waals surface area contributed by atoms with Crippen LogP contribution >= 0.6 is 0 Å². The van der Waals surface area contributed by atoms with Crippen molar-refractivity contribution < 1.29 is 4.39 Å². The topological polar surface area (TPSA) is 22.0 Å². The molecule has 0 saturated heterocycles. The zero-order valence-corrected chi connectivity index (χ0v) is 11.4. The Balaban J connectivity index is 2.35.